The molecule has 0 fully saturated rings. The first-order chi connectivity index (χ1) is 10.1. The first-order valence-electron chi connectivity index (χ1n) is 6.14. The Bertz CT molecular complexity index is 649. The minimum Gasteiger partial charge on any atom is -0.351 e. The molecule has 0 unspecified atom stereocenters. The van der Waals surface area contributed by atoms with E-state index in [1.807, 2.05) is 18.2 Å². The van der Waals surface area contributed by atoms with Crippen LogP contribution in [0.4, 0.5) is 0 Å². The lowest BCUT2D eigenvalue weighted by Crippen LogP contribution is -2.24. The molecular formula is C15H12Cl3NOS. The van der Waals surface area contributed by atoms with E-state index in [-0.39, 0.29) is 11.7 Å². The lowest BCUT2D eigenvalue weighted by molar-refractivity contribution is -0.118. The molecule has 110 valence electrons. The molecule has 21 heavy (non-hydrogen) atoms. The van der Waals surface area contributed by atoms with Crippen LogP contribution in [-0.4, -0.2) is 11.7 Å². The lowest BCUT2D eigenvalue weighted by atomic mass is 10.2. The van der Waals surface area contributed by atoms with Gasteiger partial charge in [-0.25, -0.2) is 0 Å². The monoisotopic (exact) mass is 359 g/mol. The summed E-state index contributed by atoms with van der Waals surface area (Å²) in [6.45, 7) is 0.405. The average Bonchev–Trinajstić information content (AvgIpc) is 2.47. The molecule has 0 saturated heterocycles. The number of carbonyl (C=O) groups excluding carboxylic acids is 1. The maximum atomic E-state index is 11.8. The molecule has 2 rings (SSSR count). The Morgan fingerprint density at radius 3 is 2.57 bits per heavy atom. The van der Waals surface area contributed by atoms with Crippen molar-refractivity contribution in [3.8, 4) is 0 Å². The van der Waals surface area contributed by atoms with Crippen molar-refractivity contribution in [1.82, 2.24) is 5.32 Å². The Labute approximate surface area is 142 Å². The quantitative estimate of drug-likeness (QED) is 0.755. The van der Waals surface area contributed by atoms with Crippen LogP contribution in [-0.2, 0) is 11.3 Å². The van der Waals surface area contributed by atoms with Gasteiger partial charge in [0, 0.05) is 21.5 Å². The van der Waals surface area contributed by atoms with Gasteiger partial charge < -0.3 is 5.32 Å². The second-order valence-electron chi connectivity index (χ2n) is 4.23. The molecule has 1 N–H and O–H groups in total. The number of halogens is 3. The molecule has 2 aromatic carbocycles. The second-order valence-corrected chi connectivity index (χ2v) is 6.50. The molecule has 0 radical (unpaired) electrons. The standard InChI is InChI=1S/C15H12Cl3NOS/c16-11-5-6-13(18)14(7-11)21-9-15(20)19-8-10-3-1-2-4-12(10)17/h1-7H,8-9H2,(H,19,20). The number of nitrogens with one attached hydrogen (secondary N) is 1. The maximum Gasteiger partial charge on any atom is 0.230 e. The molecule has 0 bridgehead atoms. The van der Waals surface area contributed by atoms with Crippen LogP contribution in [0.25, 0.3) is 0 Å². The second kappa shape index (κ2) is 7.95. The lowest BCUT2D eigenvalue weighted by Gasteiger charge is -2.08. The number of benzene rings is 2. The predicted molar refractivity (Wildman–Crippen MR) is 90.5 cm³/mol. The number of hydrogen-bond acceptors (Lipinski definition) is 2. The summed E-state index contributed by atoms with van der Waals surface area (Å²) in [6.07, 6.45) is 0. The van der Waals surface area contributed by atoms with Crippen molar-refractivity contribution in [3.63, 3.8) is 0 Å². The zero-order valence-corrected chi connectivity index (χ0v) is 14.0. The number of amides is 1. The molecule has 2 aromatic rings. The van der Waals surface area contributed by atoms with Crippen molar-refractivity contribution in [2.24, 2.45) is 0 Å². The van der Waals surface area contributed by atoms with Crippen LogP contribution < -0.4 is 5.32 Å². The molecule has 0 aliphatic heterocycles. The average molecular weight is 361 g/mol. The summed E-state index contributed by atoms with van der Waals surface area (Å²) in [4.78, 5) is 12.6. The van der Waals surface area contributed by atoms with E-state index in [9.17, 15) is 4.79 Å². The summed E-state index contributed by atoms with van der Waals surface area (Å²) in [5.41, 5.74) is 0.887. The topological polar surface area (TPSA) is 29.1 Å². The third-order valence-electron chi connectivity index (χ3n) is 2.69. The highest BCUT2D eigenvalue weighted by atomic mass is 35.5. The van der Waals surface area contributed by atoms with Gasteiger partial charge in [-0.15, -0.1) is 11.8 Å². The molecule has 0 aliphatic rings. The summed E-state index contributed by atoms with van der Waals surface area (Å²) in [6, 6.07) is 12.6. The van der Waals surface area contributed by atoms with Gasteiger partial charge in [-0.05, 0) is 29.8 Å². The van der Waals surface area contributed by atoms with Crippen molar-refractivity contribution in [1.29, 1.82) is 0 Å². The molecule has 0 aliphatic carbocycles. The fraction of sp³-hybridized carbons (Fsp3) is 0.133. The molecule has 0 aromatic heterocycles. The van der Waals surface area contributed by atoms with Gasteiger partial charge >= 0.3 is 0 Å². The fourth-order valence-corrected chi connectivity index (χ4v) is 3.14. The maximum absolute atomic E-state index is 11.8. The van der Waals surface area contributed by atoms with Gasteiger partial charge in [0.05, 0.1) is 10.8 Å². The predicted octanol–water partition coefficient (Wildman–Crippen LogP) is 5.06. The highest BCUT2D eigenvalue weighted by molar-refractivity contribution is 8.00. The van der Waals surface area contributed by atoms with Crippen LogP contribution in [0.2, 0.25) is 15.1 Å². The van der Waals surface area contributed by atoms with E-state index in [0.29, 0.717) is 21.6 Å². The van der Waals surface area contributed by atoms with E-state index in [1.54, 1.807) is 24.3 Å². The molecule has 0 atom stereocenters. The molecule has 2 nitrogen and oxygen atoms in total. The third-order valence-corrected chi connectivity index (χ3v) is 4.79. The summed E-state index contributed by atoms with van der Waals surface area (Å²) in [5, 5.41) is 4.65. The molecule has 6 heteroatoms. The number of rotatable bonds is 5. The summed E-state index contributed by atoms with van der Waals surface area (Å²) >= 11 is 19.3. The highest BCUT2D eigenvalue weighted by Gasteiger charge is 2.07. The first-order valence-corrected chi connectivity index (χ1v) is 8.26. The molecule has 0 spiro atoms. The van der Waals surface area contributed by atoms with E-state index >= 15 is 0 Å². The van der Waals surface area contributed by atoms with Gasteiger partial charge in [-0.1, -0.05) is 53.0 Å². The minimum atomic E-state index is -0.0871. The Morgan fingerprint density at radius 1 is 1.05 bits per heavy atom. The first kappa shape index (κ1) is 16.5. The largest absolute Gasteiger partial charge is 0.351 e. The van der Waals surface area contributed by atoms with Crippen molar-refractivity contribution in [2.75, 3.05) is 5.75 Å². The van der Waals surface area contributed by atoms with E-state index in [2.05, 4.69) is 5.32 Å². The molecular weight excluding hydrogens is 349 g/mol. The van der Waals surface area contributed by atoms with Crippen molar-refractivity contribution >= 4 is 52.5 Å². The van der Waals surface area contributed by atoms with Crippen LogP contribution in [0.3, 0.4) is 0 Å². The smallest absolute Gasteiger partial charge is 0.230 e. The summed E-state index contributed by atoms with van der Waals surface area (Å²) in [5.74, 6) is 0.181. The zero-order valence-electron chi connectivity index (χ0n) is 10.9. The Hall–Kier alpha value is -0.870. The summed E-state index contributed by atoms with van der Waals surface area (Å²) < 4.78 is 0. The van der Waals surface area contributed by atoms with Gasteiger partial charge in [-0.2, -0.15) is 0 Å². The highest BCUT2D eigenvalue weighted by Crippen LogP contribution is 2.29. The molecule has 0 saturated carbocycles. The van der Waals surface area contributed by atoms with E-state index in [4.69, 9.17) is 34.8 Å². The SMILES string of the molecule is O=C(CSc1cc(Cl)ccc1Cl)NCc1ccccc1Cl. The Balaban J connectivity index is 1.85. The van der Waals surface area contributed by atoms with E-state index in [1.165, 1.54) is 11.8 Å². The van der Waals surface area contributed by atoms with Crippen LogP contribution in [0.5, 0.6) is 0 Å². The zero-order chi connectivity index (χ0) is 15.2. The van der Waals surface area contributed by atoms with Gasteiger partial charge in [0.15, 0.2) is 0 Å². The number of carbonyl (C=O) groups is 1. The van der Waals surface area contributed by atoms with Crippen molar-refractivity contribution in [2.45, 2.75) is 11.4 Å². The van der Waals surface area contributed by atoms with E-state index in [0.717, 1.165) is 10.5 Å². The van der Waals surface area contributed by atoms with Gasteiger partial charge in [0.2, 0.25) is 5.91 Å². The van der Waals surface area contributed by atoms with Crippen LogP contribution >= 0.6 is 46.6 Å². The normalized spacial score (nSPS) is 10.4. The van der Waals surface area contributed by atoms with E-state index < -0.39 is 0 Å². The molecule has 1 amide bonds. The van der Waals surface area contributed by atoms with Gasteiger partial charge in [0.1, 0.15) is 0 Å². The third kappa shape index (κ3) is 5.11. The van der Waals surface area contributed by atoms with Gasteiger partial charge in [-0.3, -0.25) is 4.79 Å². The number of thioether (sulfide) groups is 1. The summed E-state index contributed by atoms with van der Waals surface area (Å²) in [7, 11) is 0. The number of hydrogen-bond donors (Lipinski definition) is 1. The van der Waals surface area contributed by atoms with Crippen molar-refractivity contribution < 1.29 is 4.79 Å². The van der Waals surface area contributed by atoms with Crippen LogP contribution in [0.15, 0.2) is 47.4 Å². The van der Waals surface area contributed by atoms with Crippen LogP contribution in [0.1, 0.15) is 5.56 Å². The Kier molecular flexibility index (Phi) is 6.24. The van der Waals surface area contributed by atoms with Crippen molar-refractivity contribution in [3.05, 3.63) is 63.1 Å². The fourth-order valence-electron chi connectivity index (χ4n) is 1.62. The minimum absolute atomic E-state index is 0.0871. The van der Waals surface area contributed by atoms with Gasteiger partial charge in [0.25, 0.3) is 0 Å². The Morgan fingerprint density at radius 2 is 1.81 bits per heavy atom. The van der Waals surface area contributed by atoms with Crippen LogP contribution in [0, 0.1) is 0 Å². The molecule has 0 heterocycles.